The van der Waals surface area contributed by atoms with Crippen LogP contribution in [-0.2, 0) is 11.3 Å². The Labute approximate surface area is 150 Å². The van der Waals surface area contributed by atoms with Gasteiger partial charge in [0.1, 0.15) is 0 Å². The van der Waals surface area contributed by atoms with Gasteiger partial charge in [0.2, 0.25) is 0 Å². The Kier molecular flexibility index (Phi) is 6.75. The predicted octanol–water partition coefficient (Wildman–Crippen LogP) is 3.57. The van der Waals surface area contributed by atoms with Crippen LogP contribution < -0.4 is 9.47 Å². The molecule has 0 bridgehead atoms. The smallest absolute Gasteiger partial charge is 0.422 e. The number of alkyl halides is 3. The van der Waals surface area contributed by atoms with Crippen molar-refractivity contribution >= 4 is 5.97 Å². The third kappa shape index (κ3) is 6.09. The highest BCUT2D eigenvalue weighted by atomic mass is 19.4. The lowest BCUT2D eigenvalue weighted by molar-refractivity contribution is -0.153. The number of piperidine rings is 1. The molecule has 146 valence electrons. The molecule has 8 heteroatoms. The molecule has 1 aliphatic rings. The molecule has 1 N–H and O–H groups in total. The molecule has 2 unspecified atom stereocenters. The number of aliphatic carboxylic acids is 1. The summed E-state index contributed by atoms with van der Waals surface area (Å²) in [5.41, 5.74) is 0.839. The lowest BCUT2D eigenvalue weighted by Gasteiger charge is -2.34. The van der Waals surface area contributed by atoms with Crippen molar-refractivity contribution in [3.63, 3.8) is 0 Å². The van der Waals surface area contributed by atoms with Gasteiger partial charge in [0, 0.05) is 19.6 Å². The van der Waals surface area contributed by atoms with Gasteiger partial charge >= 0.3 is 12.1 Å². The van der Waals surface area contributed by atoms with Gasteiger partial charge in [-0.3, -0.25) is 9.69 Å². The molecule has 1 aliphatic heterocycles. The molecule has 1 heterocycles. The van der Waals surface area contributed by atoms with Gasteiger partial charge in [-0.25, -0.2) is 0 Å². The van der Waals surface area contributed by atoms with E-state index in [1.54, 1.807) is 19.1 Å². The maximum Gasteiger partial charge on any atom is 0.422 e. The standard InChI is InChI=1S/C18H24F3NO4/c1-3-25-16-7-13(4-5-15(16)26-11-18(19,20)21)9-22-8-12(2)6-14(10-22)17(23)24/h4-5,7,12,14H,3,6,8-11H2,1-2H3,(H,23,24). The minimum absolute atomic E-state index is 0.0448. The topological polar surface area (TPSA) is 59.0 Å². The summed E-state index contributed by atoms with van der Waals surface area (Å²) in [7, 11) is 0. The molecule has 1 saturated heterocycles. The first-order valence-corrected chi connectivity index (χ1v) is 8.58. The average molecular weight is 375 g/mol. The number of hydrogen-bond donors (Lipinski definition) is 1. The highest BCUT2D eigenvalue weighted by Gasteiger charge is 2.30. The Morgan fingerprint density at radius 3 is 2.62 bits per heavy atom. The second-order valence-corrected chi connectivity index (χ2v) is 6.69. The van der Waals surface area contributed by atoms with E-state index in [-0.39, 0.29) is 17.4 Å². The average Bonchev–Trinajstić information content (AvgIpc) is 2.53. The van der Waals surface area contributed by atoms with E-state index in [2.05, 4.69) is 0 Å². The zero-order valence-electron chi connectivity index (χ0n) is 14.9. The Hall–Kier alpha value is -1.96. The monoisotopic (exact) mass is 375 g/mol. The van der Waals surface area contributed by atoms with Gasteiger partial charge in [-0.1, -0.05) is 13.0 Å². The summed E-state index contributed by atoms with van der Waals surface area (Å²) in [6.45, 7) is 4.42. The molecule has 26 heavy (non-hydrogen) atoms. The van der Waals surface area contributed by atoms with Crippen molar-refractivity contribution in [1.82, 2.24) is 4.90 Å². The Morgan fingerprint density at radius 2 is 2.00 bits per heavy atom. The zero-order chi connectivity index (χ0) is 19.3. The first-order valence-electron chi connectivity index (χ1n) is 8.58. The van der Waals surface area contributed by atoms with Crippen LogP contribution in [0.15, 0.2) is 18.2 Å². The van der Waals surface area contributed by atoms with E-state index < -0.39 is 24.7 Å². The minimum atomic E-state index is -4.42. The van der Waals surface area contributed by atoms with Crippen LogP contribution >= 0.6 is 0 Å². The lowest BCUT2D eigenvalue weighted by Crippen LogP contribution is -2.41. The largest absolute Gasteiger partial charge is 0.490 e. The van der Waals surface area contributed by atoms with Crippen molar-refractivity contribution in [3.8, 4) is 11.5 Å². The molecular formula is C18H24F3NO4. The van der Waals surface area contributed by atoms with Crippen molar-refractivity contribution in [3.05, 3.63) is 23.8 Å². The molecule has 1 aromatic carbocycles. The molecule has 0 amide bonds. The van der Waals surface area contributed by atoms with Crippen LogP contribution in [0.25, 0.3) is 0 Å². The molecule has 1 aromatic rings. The first kappa shape index (κ1) is 20.4. The van der Waals surface area contributed by atoms with E-state index in [1.807, 2.05) is 11.8 Å². The van der Waals surface area contributed by atoms with E-state index in [4.69, 9.17) is 9.47 Å². The van der Waals surface area contributed by atoms with Gasteiger partial charge in [-0.2, -0.15) is 13.2 Å². The van der Waals surface area contributed by atoms with Crippen LogP contribution in [0.3, 0.4) is 0 Å². The molecule has 0 aliphatic carbocycles. The Balaban J connectivity index is 2.09. The van der Waals surface area contributed by atoms with Crippen molar-refractivity contribution < 1.29 is 32.5 Å². The fraction of sp³-hybridized carbons (Fsp3) is 0.611. The summed E-state index contributed by atoms with van der Waals surface area (Å²) in [5.74, 6) is -0.630. The second kappa shape index (κ2) is 8.62. The molecule has 0 radical (unpaired) electrons. The summed E-state index contributed by atoms with van der Waals surface area (Å²) in [6, 6.07) is 4.81. The van der Waals surface area contributed by atoms with Gasteiger partial charge < -0.3 is 14.6 Å². The van der Waals surface area contributed by atoms with E-state index in [0.717, 1.165) is 12.1 Å². The number of ether oxygens (including phenoxy) is 2. The quantitative estimate of drug-likeness (QED) is 0.790. The normalized spacial score (nSPS) is 21.4. The van der Waals surface area contributed by atoms with Gasteiger partial charge in [-0.05, 0) is 37.0 Å². The van der Waals surface area contributed by atoms with Gasteiger partial charge in [0.25, 0.3) is 0 Å². The van der Waals surface area contributed by atoms with Crippen LogP contribution in [0.4, 0.5) is 13.2 Å². The molecule has 0 aromatic heterocycles. The van der Waals surface area contributed by atoms with Crippen LogP contribution in [0.2, 0.25) is 0 Å². The van der Waals surface area contributed by atoms with E-state index in [0.29, 0.717) is 26.1 Å². The number of benzene rings is 1. The summed E-state index contributed by atoms with van der Waals surface area (Å²) >= 11 is 0. The Morgan fingerprint density at radius 1 is 1.27 bits per heavy atom. The third-order valence-electron chi connectivity index (χ3n) is 4.19. The Bertz CT molecular complexity index is 621. The summed E-state index contributed by atoms with van der Waals surface area (Å²) < 4.78 is 47.3. The van der Waals surface area contributed by atoms with Crippen LogP contribution in [0.5, 0.6) is 11.5 Å². The summed E-state index contributed by atoms with van der Waals surface area (Å²) in [5, 5.41) is 9.26. The third-order valence-corrected chi connectivity index (χ3v) is 4.19. The van der Waals surface area contributed by atoms with Crippen molar-refractivity contribution in [1.29, 1.82) is 0 Å². The van der Waals surface area contributed by atoms with Crippen molar-refractivity contribution in [2.24, 2.45) is 11.8 Å². The molecule has 2 rings (SSSR count). The maximum absolute atomic E-state index is 12.4. The SMILES string of the molecule is CCOc1cc(CN2CC(C)CC(C(=O)O)C2)ccc1OCC(F)(F)F. The zero-order valence-corrected chi connectivity index (χ0v) is 14.9. The molecule has 0 saturated carbocycles. The fourth-order valence-corrected chi connectivity index (χ4v) is 3.23. The number of carbonyl (C=O) groups is 1. The molecular weight excluding hydrogens is 351 g/mol. The van der Waals surface area contributed by atoms with Gasteiger partial charge in [-0.15, -0.1) is 0 Å². The fourth-order valence-electron chi connectivity index (χ4n) is 3.23. The minimum Gasteiger partial charge on any atom is -0.490 e. The number of carboxylic acids is 1. The number of halogens is 3. The van der Waals surface area contributed by atoms with Crippen molar-refractivity contribution in [2.75, 3.05) is 26.3 Å². The van der Waals surface area contributed by atoms with E-state index >= 15 is 0 Å². The van der Waals surface area contributed by atoms with Crippen LogP contribution in [0.1, 0.15) is 25.8 Å². The van der Waals surface area contributed by atoms with Crippen LogP contribution in [0, 0.1) is 11.8 Å². The lowest BCUT2D eigenvalue weighted by atomic mass is 9.90. The number of likely N-dealkylation sites (tertiary alicyclic amines) is 1. The van der Waals surface area contributed by atoms with E-state index in [9.17, 15) is 23.1 Å². The summed E-state index contributed by atoms with van der Waals surface area (Å²) in [6.07, 6.45) is -3.77. The predicted molar refractivity (Wildman–Crippen MR) is 89.3 cm³/mol. The van der Waals surface area contributed by atoms with Crippen molar-refractivity contribution in [2.45, 2.75) is 33.0 Å². The van der Waals surface area contributed by atoms with E-state index in [1.165, 1.54) is 6.07 Å². The number of hydrogen-bond acceptors (Lipinski definition) is 4. The number of carboxylic acid groups (broad SMARTS) is 1. The first-order chi connectivity index (χ1) is 12.2. The molecule has 1 fully saturated rings. The second-order valence-electron chi connectivity index (χ2n) is 6.69. The highest BCUT2D eigenvalue weighted by Crippen LogP contribution is 2.31. The number of nitrogens with zero attached hydrogens (tertiary/aromatic N) is 1. The van der Waals surface area contributed by atoms with Gasteiger partial charge in [0.05, 0.1) is 12.5 Å². The summed E-state index contributed by atoms with van der Waals surface area (Å²) in [4.78, 5) is 13.3. The van der Waals surface area contributed by atoms with Gasteiger partial charge in [0.15, 0.2) is 18.1 Å². The number of rotatable bonds is 7. The molecule has 5 nitrogen and oxygen atoms in total. The highest BCUT2D eigenvalue weighted by molar-refractivity contribution is 5.70. The molecule has 0 spiro atoms. The maximum atomic E-state index is 12.4. The van der Waals surface area contributed by atoms with Crippen LogP contribution in [-0.4, -0.2) is 48.5 Å². The molecule has 2 atom stereocenters.